The van der Waals surface area contributed by atoms with Crippen LogP contribution in [0.25, 0.3) is 6.08 Å². The fraction of sp³-hybridized carbons (Fsp3) is 0.182. The van der Waals surface area contributed by atoms with E-state index in [4.69, 9.17) is 0 Å². The van der Waals surface area contributed by atoms with Crippen molar-refractivity contribution in [3.05, 3.63) is 42.0 Å². The Hall–Kier alpha value is -1.08. The minimum atomic E-state index is 0. The van der Waals surface area contributed by atoms with Crippen molar-refractivity contribution in [1.29, 1.82) is 0 Å². The van der Waals surface area contributed by atoms with Gasteiger partial charge in [-0.25, -0.2) is 4.58 Å². The van der Waals surface area contributed by atoms with Crippen LogP contribution >= 0.6 is 0 Å². The molecule has 0 spiro atoms. The topological polar surface area (TPSA) is 3.01 Å². The highest BCUT2D eigenvalue weighted by atomic mass is 35.5. The maximum atomic E-state index is 2.08. The van der Waals surface area contributed by atoms with Crippen LogP contribution in [0.5, 0.6) is 0 Å². The van der Waals surface area contributed by atoms with E-state index in [1.807, 2.05) is 49.2 Å². The molecule has 0 aliphatic rings. The molecule has 1 aromatic rings. The molecule has 0 saturated carbocycles. The van der Waals surface area contributed by atoms with Crippen LogP contribution in [0, 0.1) is 0 Å². The van der Waals surface area contributed by atoms with E-state index < -0.39 is 0 Å². The molecule has 0 bridgehead atoms. The van der Waals surface area contributed by atoms with E-state index in [-0.39, 0.29) is 12.4 Å². The van der Waals surface area contributed by atoms with Gasteiger partial charge < -0.3 is 12.4 Å². The summed E-state index contributed by atoms with van der Waals surface area (Å²) in [5, 5.41) is 0. The predicted octanol–water partition coefficient (Wildman–Crippen LogP) is -0.953. The zero-order valence-corrected chi connectivity index (χ0v) is 8.70. The average molecular weight is 196 g/mol. The van der Waals surface area contributed by atoms with Crippen molar-refractivity contribution in [3.8, 4) is 0 Å². The Balaban J connectivity index is 0.00000144. The monoisotopic (exact) mass is 195 g/mol. The summed E-state index contributed by atoms with van der Waals surface area (Å²) >= 11 is 0. The Morgan fingerprint density at radius 3 is 2.23 bits per heavy atom. The van der Waals surface area contributed by atoms with Crippen LogP contribution in [0.1, 0.15) is 5.56 Å². The molecule has 1 aromatic carbocycles. The third kappa shape index (κ3) is 5.21. The highest BCUT2D eigenvalue weighted by molar-refractivity contribution is 5.74. The number of nitrogens with zero attached hydrogens (tertiary/aromatic N) is 1. The Morgan fingerprint density at radius 1 is 1.08 bits per heavy atom. The zero-order valence-electron chi connectivity index (χ0n) is 7.94. The van der Waals surface area contributed by atoms with Crippen molar-refractivity contribution in [2.75, 3.05) is 14.1 Å². The van der Waals surface area contributed by atoms with Crippen LogP contribution in [0.15, 0.2) is 36.4 Å². The molecule has 13 heavy (non-hydrogen) atoms. The second-order valence-corrected chi connectivity index (χ2v) is 2.88. The summed E-state index contributed by atoms with van der Waals surface area (Å²) in [5.41, 5.74) is 1.23. The molecule has 0 amide bonds. The first kappa shape index (κ1) is 11.9. The van der Waals surface area contributed by atoms with Crippen molar-refractivity contribution >= 4 is 12.3 Å². The molecule has 0 atom stereocenters. The van der Waals surface area contributed by atoms with Crippen LogP contribution in [-0.2, 0) is 0 Å². The quantitative estimate of drug-likeness (QED) is 0.423. The standard InChI is InChI=1S/C11H14N.ClH/c1-12(2)10-6-9-11-7-4-3-5-8-11;/h3-10H,1-2H3;1H/q+1;/p-1/b9-6+;. The van der Waals surface area contributed by atoms with E-state index in [2.05, 4.69) is 18.2 Å². The van der Waals surface area contributed by atoms with Gasteiger partial charge in [0.25, 0.3) is 0 Å². The summed E-state index contributed by atoms with van der Waals surface area (Å²) in [6.45, 7) is 0. The number of halogens is 1. The fourth-order valence-corrected chi connectivity index (χ4v) is 0.890. The first-order chi connectivity index (χ1) is 5.79. The Bertz CT molecular complexity index is 284. The second kappa shape index (κ2) is 6.44. The van der Waals surface area contributed by atoms with E-state index >= 15 is 0 Å². The number of allylic oxidation sites excluding steroid dienone is 1. The predicted molar refractivity (Wildman–Crippen MR) is 53.6 cm³/mol. The molecule has 1 rings (SSSR count). The van der Waals surface area contributed by atoms with Gasteiger partial charge in [0.15, 0.2) is 6.21 Å². The molecule has 0 N–H and O–H groups in total. The van der Waals surface area contributed by atoms with Crippen LogP contribution in [-0.4, -0.2) is 24.9 Å². The van der Waals surface area contributed by atoms with Crippen molar-refractivity contribution in [3.63, 3.8) is 0 Å². The van der Waals surface area contributed by atoms with Gasteiger partial charge in [0.05, 0.1) is 0 Å². The first-order valence-corrected chi connectivity index (χ1v) is 4.02. The molecule has 2 heteroatoms. The largest absolute Gasteiger partial charge is 1.00 e. The third-order valence-electron chi connectivity index (χ3n) is 1.47. The SMILES string of the molecule is C[N+](C)=C/C=C/c1ccccc1.[Cl-]. The van der Waals surface area contributed by atoms with Gasteiger partial charge in [-0.15, -0.1) is 0 Å². The molecule has 0 aliphatic carbocycles. The van der Waals surface area contributed by atoms with E-state index in [0.29, 0.717) is 0 Å². The lowest BCUT2D eigenvalue weighted by Crippen LogP contribution is -3.00. The van der Waals surface area contributed by atoms with Crippen molar-refractivity contribution < 1.29 is 17.0 Å². The number of rotatable bonds is 2. The van der Waals surface area contributed by atoms with Gasteiger partial charge in [-0.2, -0.15) is 0 Å². The number of hydrogen-bond acceptors (Lipinski definition) is 0. The molecule has 0 unspecified atom stereocenters. The molecular weight excluding hydrogens is 182 g/mol. The summed E-state index contributed by atoms with van der Waals surface area (Å²) in [7, 11) is 4.02. The summed E-state index contributed by atoms with van der Waals surface area (Å²) in [4.78, 5) is 0. The smallest absolute Gasteiger partial charge is 0.162 e. The minimum absolute atomic E-state index is 0. The van der Waals surface area contributed by atoms with Gasteiger partial charge in [0, 0.05) is 6.08 Å². The van der Waals surface area contributed by atoms with Gasteiger partial charge in [0.2, 0.25) is 0 Å². The lowest BCUT2D eigenvalue weighted by molar-refractivity contribution is -0.458. The molecule has 70 valence electrons. The first-order valence-electron chi connectivity index (χ1n) is 4.02. The molecule has 1 nitrogen and oxygen atoms in total. The molecule has 0 aromatic heterocycles. The summed E-state index contributed by atoms with van der Waals surface area (Å²) in [6, 6.07) is 10.3. The van der Waals surface area contributed by atoms with Crippen LogP contribution in [0.3, 0.4) is 0 Å². The normalized spacial score (nSPS) is 9.38. The molecule has 0 heterocycles. The number of hydrogen-bond donors (Lipinski definition) is 0. The second-order valence-electron chi connectivity index (χ2n) is 2.88. The highest BCUT2D eigenvalue weighted by Crippen LogP contribution is 1.99. The Kier molecular flexibility index (Phi) is 5.90. The molecule has 0 radical (unpaired) electrons. The number of benzene rings is 1. The van der Waals surface area contributed by atoms with Crippen molar-refractivity contribution in [2.45, 2.75) is 0 Å². The Morgan fingerprint density at radius 2 is 1.69 bits per heavy atom. The van der Waals surface area contributed by atoms with Gasteiger partial charge in [-0.1, -0.05) is 30.3 Å². The van der Waals surface area contributed by atoms with Crippen LogP contribution < -0.4 is 12.4 Å². The van der Waals surface area contributed by atoms with E-state index in [9.17, 15) is 0 Å². The highest BCUT2D eigenvalue weighted by Gasteiger charge is 1.81. The zero-order chi connectivity index (χ0) is 8.81. The van der Waals surface area contributed by atoms with Crippen LogP contribution in [0.4, 0.5) is 0 Å². The van der Waals surface area contributed by atoms with Gasteiger partial charge >= 0.3 is 0 Å². The Labute approximate surface area is 85.8 Å². The van der Waals surface area contributed by atoms with Gasteiger partial charge in [0.1, 0.15) is 14.1 Å². The molecule has 0 aliphatic heterocycles. The maximum Gasteiger partial charge on any atom is 0.162 e. The van der Waals surface area contributed by atoms with E-state index in [0.717, 1.165) is 0 Å². The molecular formula is C11H14ClN. The lowest BCUT2D eigenvalue weighted by atomic mass is 10.2. The van der Waals surface area contributed by atoms with E-state index in [1.165, 1.54) is 5.56 Å². The van der Waals surface area contributed by atoms with Gasteiger partial charge in [-0.3, -0.25) is 0 Å². The minimum Gasteiger partial charge on any atom is -1.00 e. The third-order valence-corrected chi connectivity index (χ3v) is 1.47. The average Bonchev–Trinajstić information content (AvgIpc) is 2.05. The summed E-state index contributed by atoms with van der Waals surface area (Å²) < 4.78 is 2.01. The van der Waals surface area contributed by atoms with Crippen LogP contribution in [0.2, 0.25) is 0 Å². The maximum absolute atomic E-state index is 2.08. The fourth-order valence-electron chi connectivity index (χ4n) is 0.890. The van der Waals surface area contributed by atoms with Crippen molar-refractivity contribution in [1.82, 2.24) is 0 Å². The van der Waals surface area contributed by atoms with E-state index in [1.54, 1.807) is 0 Å². The lowest BCUT2D eigenvalue weighted by Gasteiger charge is -1.87. The summed E-state index contributed by atoms with van der Waals surface area (Å²) in [6.07, 6.45) is 6.14. The van der Waals surface area contributed by atoms with Gasteiger partial charge in [-0.05, 0) is 11.6 Å². The molecule has 0 fully saturated rings. The van der Waals surface area contributed by atoms with Crippen molar-refractivity contribution in [2.24, 2.45) is 0 Å². The summed E-state index contributed by atoms with van der Waals surface area (Å²) in [5.74, 6) is 0. The molecule has 0 saturated heterocycles.